The van der Waals surface area contributed by atoms with Crippen molar-refractivity contribution in [3.63, 3.8) is 0 Å². The predicted octanol–water partition coefficient (Wildman–Crippen LogP) is 2.55. The molecular formula is C19H19N5O3. The quantitative estimate of drug-likeness (QED) is 0.699. The second-order valence-electron chi connectivity index (χ2n) is 5.84. The van der Waals surface area contributed by atoms with E-state index in [1.807, 2.05) is 12.1 Å². The Morgan fingerprint density at radius 3 is 2.52 bits per heavy atom. The average Bonchev–Trinajstić information content (AvgIpc) is 3.15. The maximum atomic E-state index is 12.6. The van der Waals surface area contributed by atoms with Crippen molar-refractivity contribution in [3.05, 3.63) is 66.2 Å². The van der Waals surface area contributed by atoms with E-state index in [1.165, 1.54) is 20.4 Å². The first-order valence-electron chi connectivity index (χ1n) is 8.23. The van der Waals surface area contributed by atoms with E-state index >= 15 is 0 Å². The molecule has 8 heteroatoms. The molecule has 0 bridgehead atoms. The van der Waals surface area contributed by atoms with Gasteiger partial charge in [-0.2, -0.15) is 5.10 Å². The van der Waals surface area contributed by atoms with E-state index in [-0.39, 0.29) is 11.8 Å². The molecule has 0 radical (unpaired) electrons. The molecule has 0 aliphatic carbocycles. The number of carbonyl (C=O) groups excluding carboxylic acids is 2. The number of anilines is 2. The van der Waals surface area contributed by atoms with Crippen LogP contribution in [0.3, 0.4) is 0 Å². The minimum absolute atomic E-state index is 0.194. The standard InChI is InChI=1S/C19H19N5O3/c1-13(25)22-16-7-8-18(27-2)17(9-16)23-19(26)15-5-3-14(4-6-15)10-24-12-20-11-21-24/h3-9,11-12H,10H2,1-2H3,(H,22,25)(H,23,26). The Morgan fingerprint density at radius 2 is 1.89 bits per heavy atom. The van der Waals surface area contributed by atoms with Gasteiger partial charge in [0, 0.05) is 18.2 Å². The van der Waals surface area contributed by atoms with Crippen molar-refractivity contribution in [2.45, 2.75) is 13.5 Å². The monoisotopic (exact) mass is 365 g/mol. The van der Waals surface area contributed by atoms with Gasteiger partial charge < -0.3 is 15.4 Å². The van der Waals surface area contributed by atoms with Gasteiger partial charge in [0.15, 0.2) is 0 Å². The molecule has 0 aliphatic heterocycles. The van der Waals surface area contributed by atoms with Gasteiger partial charge in [0.1, 0.15) is 18.4 Å². The minimum Gasteiger partial charge on any atom is -0.495 e. The van der Waals surface area contributed by atoms with Crippen molar-refractivity contribution < 1.29 is 14.3 Å². The fraction of sp³-hybridized carbons (Fsp3) is 0.158. The highest BCUT2D eigenvalue weighted by molar-refractivity contribution is 6.05. The number of hydrogen-bond acceptors (Lipinski definition) is 5. The molecule has 3 rings (SSSR count). The van der Waals surface area contributed by atoms with Crippen LogP contribution in [0.5, 0.6) is 5.75 Å². The molecule has 1 heterocycles. The maximum Gasteiger partial charge on any atom is 0.255 e. The summed E-state index contributed by atoms with van der Waals surface area (Å²) in [7, 11) is 1.52. The van der Waals surface area contributed by atoms with Crippen molar-refractivity contribution in [2.24, 2.45) is 0 Å². The van der Waals surface area contributed by atoms with Crippen molar-refractivity contribution in [1.82, 2.24) is 14.8 Å². The van der Waals surface area contributed by atoms with Crippen LogP contribution in [0.25, 0.3) is 0 Å². The van der Waals surface area contributed by atoms with Gasteiger partial charge >= 0.3 is 0 Å². The molecule has 0 saturated carbocycles. The van der Waals surface area contributed by atoms with Crippen LogP contribution in [0.4, 0.5) is 11.4 Å². The fourth-order valence-corrected chi connectivity index (χ4v) is 2.54. The number of hydrogen-bond donors (Lipinski definition) is 2. The third-order valence-electron chi connectivity index (χ3n) is 3.80. The second kappa shape index (κ2) is 8.13. The Morgan fingerprint density at radius 1 is 1.11 bits per heavy atom. The predicted molar refractivity (Wildman–Crippen MR) is 101 cm³/mol. The number of benzene rings is 2. The van der Waals surface area contributed by atoms with Gasteiger partial charge in [-0.25, -0.2) is 9.67 Å². The van der Waals surface area contributed by atoms with Crippen LogP contribution >= 0.6 is 0 Å². The lowest BCUT2D eigenvalue weighted by atomic mass is 10.1. The van der Waals surface area contributed by atoms with Crippen LogP contribution in [-0.2, 0) is 11.3 Å². The summed E-state index contributed by atoms with van der Waals surface area (Å²) in [5.74, 6) is 0.0289. The third kappa shape index (κ3) is 4.69. The Balaban J connectivity index is 1.73. The highest BCUT2D eigenvalue weighted by Gasteiger charge is 2.11. The van der Waals surface area contributed by atoms with Gasteiger partial charge in [-0.15, -0.1) is 0 Å². The molecular weight excluding hydrogens is 346 g/mol. The van der Waals surface area contributed by atoms with E-state index in [0.29, 0.717) is 29.2 Å². The lowest BCUT2D eigenvalue weighted by Gasteiger charge is -2.12. The van der Waals surface area contributed by atoms with Gasteiger partial charge in [0.25, 0.3) is 5.91 Å². The van der Waals surface area contributed by atoms with E-state index in [1.54, 1.807) is 41.3 Å². The topological polar surface area (TPSA) is 98.1 Å². The lowest BCUT2D eigenvalue weighted by Crippen LogP contribution is -2.13. The first-order chi connectivity index (χ1) is 13.0. The second-order valence-corrected chi connectivity index (χ2v) is 5.84. The van der Waals surface area contributed by atoms with Gasteiger partial charge in [0.05, 0.1) is 19.3 Å². The molecule has 0 spiro atoms. The van der Waals surface area contributed by atoms with E-state index in [9.17, 15) is 9.59 Å². The molecule has 2 N–H and O–H groups in total. The summed E-state index contributed by atoms with van der Waals surface area (Å²) in [4.78, 5) is 27.7. The average molecular weight is 365 g/mol. The molecule has 0 fully saturated rings. The molecule has 2 aromatic carbocycles. The zero-order valence-corrected chi connectivity index (χ0v) is 15.0. The lowest BCUT2D eigenvalue weighted by molar-refractivity contribution is -0.114. The van der Waals surface area contributed by atoms with Crippen LogP contribution in [0, 0.1) is 0 Å². The minimum atomic E-state index is -0.277. The van der Waals surface area contributed by atoms with Crippen molar-refractivity contribution in [2.75, 3.05) is 17.7 Å². The molecule has 3 aromatic rings. The number of nitrogens with one attached hydrogen (secondary N) is 2. The third-order valence-corrected chi connectivity index (χ3v) is 3.80. The van der Waals surface area contributed by atoms with Crippen molar-refractivity contribution in [3.8, 4) is 5.75 Å². The van der Waals surface area contributed by atoms with E-state index in [2.05, 4.69) is 20.7 Å². The van der Waals surface area contributed by atoms with E-state index in [0.717, 1.165) is 5.56 Å². The number of amides is 2. The molecule has 0 atom stereocenters. The SMILES string of the molecule is COc1ccc(NC(C)=O)cc1NC(=O)c1ccc(Cn2cncn2)cc1. The summed E-state index contributed by atoms with van der Waals surface area (Å²) in [6.07, 6.45) is 3.11. The molecule has 8 nitrogen and oxygen atoms in total. The Labute approximate surface area is 156 Å². The van der Waals surface area contributed by atoms with Gasteiger partial charge in [-0.1, -0.05) is 12.1 Å². The maximum absolute atomic E-state index is 12.6. The molecule has 27 heavy (non-hydrogen) atoms. The summed E-state index contributed by atoms with van der Waals surface area (Å²) >= 11 is 0. The fourth-order valence-electron chi connectivity index (χ4n) is 2.54. The summed E-state index contributed by atoms with van der Waals surface area (Å²) < 4.78 is 6.98. The number of carbonyl (C=O) groups is 2. The number of ether oxygens (including phenoxy) is 1. The van der Waals surface area contributed by atoms with Crippen LogP contribution in [0.2, 0.25) is 0 Å². The van der Waals surface area contributed by atoms with E-state index in [4.69, 9.17) is 4.74 Å². The summed E-state index contributed by atoms with van der Waals surface area (Å²) in [6.45, 7) is 2.00. The Hall–Kier alpha value is -3.68. The molecule has 0 aliphatic rings. The molecule has 2 amide bonds. The van der Waals surface area contributed by atoms with Crippen molar-refractivity contribution >= 4 is 23.2 Å². The first-order valence-corrected chi connectivity index (χ1v) is 8.23. The molecule has 0 saturated heterocycles. The zero-order valence-electron chi connectivity index (χ0n) is 15.0. The molecule has 138 valence electrons. The normalized spacial score (nSPS) is 10.3. The summed E-state index contributed by atoms with van der Waals surface area (Å²) in [5.41, 5.74) is 2.55. The van der Waals surface area contributed by atoms with Crippen LogP contribution in [-0.4, -0.2) is 33.7 Å². The Kier molecular flexibility index (Phi) is 5.46. The smallest absolute Gasteiger partial charge is 0.255 e. The van der Waals surface area contributed by atoms with Gasteiger partial charge in [0.2, 0.25) is 5.91 Å². The number of nitrogens with zero attached hydrogens (tertiary/aromatic N) is 3. The summed E-state index contributed by atoms with van der Waals surface area (Å²) in [5, 5.41) is 9.55. The van der Waals surface area contributed by atoms with Crippen LogP contribution in [0.15, 0.2) is 55.1 Å². The molecule has 0 unspecified atom stereocenters. The highest BCUT2D eigenvalue weighted by atomic mass is 16.5. The first kappa shape index (κ1) is 18.1. The highest BCUT2D eigenvalue weighted by Crippen LogP contribution is 2.28. The largest absolute Gasteiger partial charge is 0.495 e. The van der Waals surface area contributed by atoms with Gasteiger partial charge in [-0.05, 0) is 35.9 Å². The van der Waals surface area contributed by atoms with E-state index < -0.39 is 0 Å². The van der Waals surface area contributed by atoms with Gasteiger partial charge in [-0.3, -0.25) is 9.59 Å². The molecule has 1 aromatic heterocycles. The Bertz CT molecular complexity index is 936. The summed E-state index contributed by atoms with van der Waals surface area (Å²) in [6, 6.07) is 12.2. The van der Waals surface area contributed by atoms with Crippen LogP contribution in [0.1, 0.15) is 22.8 Å². The number of aromatic nitrogens is 3. The van der Waals surface area contributed by atoms with Crippen molar-refractivity contribution in [1.29, 1.82) is 0 Å². The number of methoxy groups -OCH3 is 1. The zero-order chi connectivity index (χ0) is 19.2. The van der Waals surface area contributed by atoms with Crippen LogP contribution < -0.4 is 15.4 Å². The number of rotatable bonds is 6.